The molecule has 1 nitrogen and oxygen atoms in total. The fraction of sp³-hybridized carbons (Fsp3) is 0.214. The Bertz CT molecular complexity index is 466. The van der Waals surface area contributed by atoms with Gasteiger partial charge in [-0.3, -0.25) is 4.98 Å². The largest absolute Gasteiger partial charge is 0.253 e. The van der Waals surface area contributed by atoms with Crippen LogP contribution >= 0.6 is 0 Å². The van der Waals surface area contributed by atoms with E-state index in [9.17, 15) is 0 Å². The highest BCUT2D eigenvalue weighted by molar-refractivity contribution is 5.61. The van der Waals surface area contributed by atoms with Gasteiger partial charge in [0.25, 0.3) is 0 Å². The van der Waals surface area contributed by atoms with Gasteiger partial charge in [-0.05, 0) is 45.0 Å². The molecule has 76 valence electrons. The predicted octanol–water partition coefficient (Wildman–Crippen LogP) is 3.67. The van der Waals surface area contributed by atoms with Crippen molar-refractivity contribution in [1.82, 2.24) is 4.98 Å². The molecule has 0 N–H and O–H groups in total. The van der Waals surface area contributed by atoms with Crippen LogP contribution in [0.4, 0.5) is 0 Å². The van der Waals surface area contributed by atoms with Crippen LogP contribution in [-0.4, -0.2) is 4.98 Å². The van der Waals surface area contributed by atoms with Crippen molar-refractivity contribution in [3.05, 3.63) is 53.2 Å². The van der Waals surface area contributed by atoms with E-state index < -0.39 is 0 Å². The van der Waals surface area contributed by atoms with Crippen molar-refractivity contribution in [3.63, 3.8) is 0 Å². The van der Waals surface area contributed by atoms with Gasteiger partial charge in [-0.15, -0.1) is 0 Å². The maximum Gasteiger partial charge on any atom is 0.0705 e. The van der Waals surface area contributed by atoms with Crippen LogP contribution in [0.1, 0.15) is 16.8 Å². The first-order valence-electron chi connectivity index (χ1n) is 5.17. The molecule has 1 aromatic carbocycles. The minimum Gasteiger partial charge on any atom is -0.253 e. The molecule has 0 aliphatic rings. The first kappa shape index (κ1) is 9.91. The summed E-state index contributed by atoms with van der Waals surface area (Å²) in [5, 5.41) is 0. The standard InChI is InChI=1S/C14H15N/c1-10-7-11(2)9-13(8-10)14-6-4-5-12(3)15-14/h4-9H,1-3H3. The summed E-state index contributed by atoms with van der Waals surface area (Å²) >= 11 is 0. The molecule has 0 saturated heterocycles. The van der Waals surface area contributed by atoms with E-state index in [1.165, 1.54) is 16.7 Å². The van der Waals surface area contributed by atoms with Crippen LogP contribution in [0.5, 0.6) is 0 Å². The maximum atomic E-state index is 4.53. The van der Waals surface area contributed by atoms with Crippen molar-refractivity contribution in [2.24, 2.45) is 0 Å². The third kappa shape index (κ3) is 2.24. The SMILES string of the molecule is Cc1cc(C)cc(-c2cccc(C)n2)c1. The zero-order valence-electron chi connectivity index (χ0n) is 9.41. The Morgan fingerprint density at radius 2 is 1.53 bits per heavy atom. The quantitative estimate of drug-likeness (QED) is 0.679. The number of hydrogen-bond acceptors (Lipinski definition) is 1. The van der Waals surface area contributed by atoms with E-state index in [-0.39, 0.29) is 0 Å². The highest BCUT2D eigenvalue weighted by Gasteiger charge is 2.00. The fourth-order valence-corrected chi connectivity index (χ4v) is 1.83. The normalized spacial score (nSPS) is 10.3. The van der Waals surface area contributed by atoms with Gasteiger partial charge in [0.05, 0.1) is 5.69 Å². The lowest BCUT2D eigenvalue weighted by molar-refractivity contribution is 1.20. The van der Waals surface area contributed by atoms with Crippen LogP contribution < -0.4 is 0 Å². The molecule has 1 heteroatoms. The van der Waals surface area contributed by atoms with Gasteiger partial charge in [-0.25, -0.2) is 0 Å². The molecule has 0 fully saturated rings. The lowest BCUT2D eigenvalue weighted by Gasteiger charge is -2.05. The monoisotopic (exact) mass is 197 g/mol. The summed E-state index contributed by atoms with van der Waals surface area (Å²) in [6.07, 6.45) is 0. The third-order valence-electron chi connectivity index (χ3n) is 2.41. The summed E-state index contributed by atoms with van der Waals surface area (Å²) in [6, 6.07) is 12.7. The molecule has 1 heterocycles. The van der Waals surface area contributed by atoms with E-state index in [1.54, 1.807) is 0 Å². The molecular weight excluding hydrogens is 182 g/mol. The van der Waals surface area contributed by atoms with Crippen molar-refractivity contribution in [2.45, 2.75) is 20.8 Å². The third-order valence-corrected chi connectivity index (χ3v) is 2.41. The van der Waals surface area contributed by atoms with Crippen molar-refractivity contribution >= 4 is 0 Å². The Labute approximate surface area is 90.8 Å². The van der Waals surface area contributed by atoms with Gasteiger partial charge in [0.2, 0.25) is 0 Å². The molecule has 0 amide bonds. The van der Waals surface area contributed by atoms with E-state index >= 15 is 0 Å². The second kappa shape index (κ2) is 3.85. The van der Waals surface area contributed by atoms with Crippen LogP contribution in [0.25, 0.3) is 11.3 Å². The van der Waals surface area contributed by atoms with E-state index in [2.05, 4.69) is 49.2 Å². The molecule has 0 saturated carbocycles. The molecule has 2 rings (SSSR count). The first-order chi connectivity index (χ1) is 7.15. The van der Waals surface area contributed by atoms with Gasteiger partial charge in [0.1, 0.15) is 0 Å². The van der Waals surface area contributed by atoms with Crippen LogP contribution in [0.15, 0.2) is 36.4 Å². The summed E-state index contributed by atoms with van der Waals surface area (Å²) in [5.74, 6) is 0. The molecule has 0 radical (unpaired) electrons. The Morgan fingerprint density at radius 1 is 0.867 bits per heavy atom. The van der Waals surface area contributed by atoms with Crippen molar-refractivity contribution in [2.75, 3.05) is 0 Å². The molecular formula is C14H15N. The fourth-order valence-electron chi connectivity index (χ4n) is 1.83. The second-order valence-corrected chi connectivity index (χ2v) is 4.04. The lowest BCUT2D eigenvalue weighted by Crippen LogP contribution is -1.88. The first-order valence-corrected chi connectivity index (χ1v) is 5.17. The topological polar surface area (TPSA) is 12.9 Å². The van der Waals surface area contributed by atoms with E-state index in [0.717, 1.165) is 11.4 Å². The van der Waals surface area contributed by atoms with Crippen LogP contribution in [-0.2, 0) is 0 Å². The predicted molar refractivity (Wildman–Crippen MR) is 63.9 cm³/mol. The second-order valence-electron chi connectivity index (χ2n) is 4.04. The van der Waals surface area contributed by atoms with Crippen molar-refractivity contribution < 1.29 is 0 Å². The Hall–Kier alpha value is -1.63. The van der Waals surface area contributed by atoms with E-state index in [0.29, 0.717) is 0 Å². The lowest BCUT2D eigenvalue weighted by atomic mass is 10.0. The zero-order valence-corrected chi connectivity index (χ0v) is 9.41. The molecule has 0 unspecified atom stereocenters. The van der Waals surface area contributed by atoms with Crippen molar-refractivity contribution in [1.29, 1.82) is 0 Å². The van der Waals surface area contributed by atoms with Crippen LogP contribution in [0.2, 0.25) is 0 Å². The molecule has 0 bridgehead atoms. The minimum atomic E-state index is 1.06. The highest BCUT2D eigenvalue weighted by Crippen LogP contribution is 2.20. The maximum absolute atomic E-state index is 4.53. The average molecular weight is 197 g/mol. The number of rotatable bonds is 1. The molecule has 0 atom stereocenters. The smallest absolute Gasteiger partial charge is 0.0705 e. The van der Waals surface area contributed by atoms with Crippen LogP contribution in [0, 0.1) is 20.8 Å². The van der Waals surface area contributed by atoms with Gasteiger partial charge in [0, 0.05) is 11.3 Å². The number of aryl methyl sites for hydroxylation is 3. The zero-order chi connectivity index (χ0) is 10.8. The minimum absolute atomic E-state index is 1.06. The Morgan fingerprint density at radius 3 is 2.13 bits per heavy atom. The molecule has 0 aliphatic heterocycles. The average Bonchev–Trinajstić information content (AvgIpc) is 2.16. The van der Waals surface area contributed by atoms with Gasteiger partial charge < -0.3 is 0 Å². The summed E-state index contributed by atoms with van der Waals surface area (Å²) in [6.45, 7) is 6.25. The summed E-state index contributed by atoms with van der Waals surface area (Å²) in [4.78, 5) is 4.53. The molecule has 0 aliphatic carbocycles. The summed E-state index contributed by atoms with van der Waals surface area (Å²) < 4.78 is 0. The molecule has 2 aromatic rings. The number of aromatic nitrogens is 1. The number of hydrogen-bond donors (Lipinski definition) is 0. The Balaban J connectivity index is 2.54. The van der Waals surface area contributed by atoms with Gasteiger partial charge >= 0.3 is 0 Å². The van der Waals surface area contributed by atoms with E-state index in [1.807, 2.05) is 13.0 Å². The van der Waals surface area contributed by atoms with E-state index in [4.69, 9.17) is 0 Å². The van der Waals surface area contributed by atoms with Crippen LogP contribution in [0.3, 0.4) is 0 Å². The highest BCUT2D eigenvalue weighted by atomic mass is 14.7. The van der Waals surface area contributed by atoms with Crippen molar-refractivity contribution in [3.8, 4) is 11.3 Å². The number of benzene rings is 1. The van der Waals surface area contributed by atoms with Gasteiger partial charge in [-0.1, -0.05) is 23.3 Å². The summed E-state index contributed by atoms with van der Waals surface area (Å²) in [7, 11) is 0. The van der Waals surface area contributed by atoms with Gasteiger partial charge in [-0.2, -0.15) is 0 Å². The molecule has 15 heavy (non-hydrogen) atoms. The number of nitrogens with zero attached hydrogens (tertiary/aromatic N) is 1. The Kier molecular flexibility index (Phi) is 2.55. The number of pyridine rings is 1. The van der Waals surface area contributed by atoms with Gasteiger partial charge in [0.15, 0.2) is 0 Å². The molecule has 1 aromatic heterocycles. The molecule has 0 spiro atoms. The summed E-state index contributed by atoms with van der Waals surface area (Å²) in [5.41, 5.74) is 5.89.